The Kier molecular flexibility index (Phi) is 5.78. The van der Waals surface area contributed by atoms with Crippen LogP contribution < -0.4 is 0 Å². The molecule has 1 atom stereocenters. The first-order valence-corrected chi connectivity index (χ1v) is 10.4. The lowest BCUT2D eigenvalue weighted by Gasteiger charge is -2.36. The molecule has 1 aromatic rings. The fourth-order valence-corrected chi connectivity index (χ4v) is 2.94. The van der Waals surface area contributed by atoms with Gasteiger partial charge in [0.15, 0.2) is 8.32 Å². The van der Waals surface area contributed by atoms with Crippen LogP contribution in [-0.4, -0.2) is 14.9 Å². The first-order valence-electron chi connectivity index (χ1n) is 7.51. The highest BCUT2D eigenvalue weighted by Crippen LogP contribution is 2.36. The van der Waals surface area contributed by atoms with E-state index in [2.05, 4.69) is 84.1 Å². The summed E-state index contributed by atoms with van der Waals surface area (Å²) in [5.41, 5.74) is 2.63. The van der Waals surface area contributed by atoms with Crippen molar-refractivity contribution < 1.29 is 4.43 Å². The molecule has 0 fully saturated rings. The van der Waals surface area contributed by atoms with Crippen LogP contribution in [-0.2, 0) is 4.43 Å². The van der Waals surface area contributed by atoms with Crippen LogP contribution in [0, 0.1) is 5.92 Å². The van der Waals surface area contributed by atoms with Crippen molar-refractivity contribution >= 4 is 13.9 Å². The highest BCUT2D eigenvalue weighted by Gasteiger charge is 2.37. The third-order valence-electron chi connectivity index (χ3n) is 4.28. The normalized spacial score (nSPS) is 15.2. The zero-order valence-electron chi connectivity index (χ0n) is 14.2. The molecule has 1 aromatic carbocycles. The molecule has 0 aliphatic rings. The Balaban J connectivity index is 2.63. The van der Waals surface area contributed by atoms with Crippen molar-refractivity contribution in [1.82, 2.24) is 0 Å². The molecule has 0 heterocycles. The first-order chi connectivity index (χ1) is 9.13. The number of benzene rings is 1. The zero-order valence-corrected chi connectivity index (χ0v) is 15.2. The minimum atomic E-state index is -1.63. The zero-order chi connectivity index (χ0) is 15.4. The summed E-state index contributed by atoms with van der Waals surface area (Å²) >= 11 is 0. The SMILES string of the molecule is C/C(=C\[C@H](C)CO[Si](C)(C)C(C)(C)C)c1ccccc1. The first kappa shape index (κ1) is 17.2. The summed E-state index contributed by atoms with van der Waals surface area (Å²) in [6.45, 7) is 16.7. The van der Waals surface area contributed by atoms with Gasteiger partial charge in [-0.15, -0.1) is 0 Å². The summed E-state index contributed by atoms with van der Waals surface area (Å²) in [5.74, 6) is 0.448. The molecule has 2 heteroatoms. The third kappa shape index (κ3) is 4.91. The molecule has 0 saturated heterocycles. The van der Waals surface area contributed by atoms with Crippen molar-refractivity contribution in [3.05, 3.63) is 42.0 Å². The third-order valence-corrected chi connectivity index (χ3v) is 8.78. The highest BCUT2D eigenvalue weighted by molar-refractivity contribution is 6.74. The van der Waals surface area contributed by atoms with Gasteiger partial charge in [-0.3, -0.25) is 0 Å². The van der Waals surface area contributed by atoms with Gasteiger partial charge in [-0.2, -0.15) is 0 Å². The lowest BCUT2D eigenvalue weighted by Crippen LogP contribution is -2.41. The fraction of sp³-hybridized carbons (Fsp3) is 0.556. The maximum absolute atomic E-state index is 6.29. The van der Waals surface area contributed by atoms with Gasteiger partial charge in [0, 0.05) is 6.61 Å². The Morgan fingerprint density at radius 2 is 1.75 bits per heavy atom. The van der Waals surface area contributed by atoms with Crippen molar-refractivity contribution in [2.75, 3.05) is 6.61 Å². The molecule has 0 aliphatic heterocycles. The molecule has 0 amide bonds. The second kappa shape index (κ2) is 6.73. The Labute approximate surface area is 126 Å². The van der Waals surface area contributed by atoms with E-state index < -0.39 is 8.32 Å². The van der Waals surface area contributed by atoms with Gasteiger partial charge in [0.1, 0.15) is 0 Å². The predicted molar refractivity (Wildman–Crippen MR) is 92.4 cm³/mol. The van der Waals surface area contributed by atoms with E-state index in [0.717, 1.165) is 6.61 Å². The molecule has 1 rings (SSSR count). The molecule has 0 spiro atoms. The fourth-order valence-electron chi connectivity index (χ4n) is 1.83. The van der Waals surface area contributed by atoms with Gasteiger partial charge in [-0.25, -0.2) is 0 Å². The molecule has 0 radical (unpaired) electrons. The summed E-state index contributed by atoms with van der Waals surface area (Å²) in [6, 6.07) is 10.5. The van der Waals surface area contributed by atoms with E-state index in [-0.39, 0.29) is 5.04 Å². The van der Waals surface area contributed by atoms with Crippen LogP contribution in [0.25, 0.3) is 5.57 Å². The second-order valence-electron chi connectivity index (χ2n) is 7.26. The van der Waals surface area contributed by atoms with Gasteiger partial charge in [0.25, 0.3) is 0 Å². The molecule has 0 aliphatic carbocycles. The van der Waals surface area contributed by atoms with E-state index in [1.54, 1.807) is 0 Å². The van der Waals surface area contributed by atoms with E-state index in [1.165, 1.54) is 11.1 Å². The van der Waals surface area contributed by atoms with Gasteiger partial charge < -0.3 is 4.43 Å². The largest absolute Gasteiger partial charge is 0.416 e. The van der Waals surface area contributed by atoms with Gasteiger partial charge >= 0.3 is 0 Å². The van der Waals surface area contributed by atoms with E-state index in [4.69, 9.17) is 4.43 Å². The number of hydrogen-bond donors (Lipinski definition) is 0. The summed E-state index contributed by atoms with van der Waals surface area (Å²) in [7, 11) is -1.63. The van der Waals surface area contributed by atoms with E-state index >= 15 is 0 Å². The summed E-state index contributed by atoms with van der Waals surface area (Å²) in [5, 5.41) is 0.283. The quantitative estimate of drug-likeness (QED) is 0.628. The van der Waals surface area contributed by atoms with Gasteiger partial charge in [-0.1, -0.05) is 64.1 Å². The minimum Gasteiger partial charge on any atom is -0.416 e. The average molecular weight is 291 g/mol. The minimum absolute atomic E-state index is 0.283. The Hall–Kier alpha value is -0.863. The van der Waals surface area contributed by atoms with Gasteiger partial charge in [-0.05, 0) is 42.1 Å². The maximum Gasteiger partial charge on any atom is 0.192 e. The molecule has 0 N–H and O–H groups in total. The van der Waals surface area contributed by atoms with Gasteiger partial charge in [0.2, 0.25) is 0 Å². The van der Waals surface area contributed by atoms with Crippen molar-refractivity contribution in [2.45, 2.75) is 52.8 Å². The van der Waals surface area contributed by atoms with Crippen LogP contribution in [0.3, 0.4) is 0 Å². The van der Waals surface area contributed by atoms with Crippen LogP contribution in [0.2, 0.25) is 18.1 Å². The Bertz CT molecular complexity index is 440. The molecule has 112 valence electrons. The summed E-state index contributed by atoms with van der Waals surface area (Å²) in [6.07, 6.45) is 2.32. The summed E-state index contributed by atoms with van der Waals surface area (Å²) in [4.78, 5) is 0. The van der Waals surface area contributed by atoms with E-state index in [9.17, 15) is 0 Å². The predicted octanol–water partition coefficient (Wildman–Crippen LogP) is 5.75. The van der Waals surface area contributed by atoms with Crippen LogP contribution in [0.5, 0.6) is 0 Å². The second-order valence-corrected chi connectivity index (χ2v) is 12.1. The Morgan fingerprint density at radius 3 is 2.25 bits per heavy atom. The average Bonchev–Trinajstić information content (AvgIpc) is 2.36. The van der Waals surface area contributed by atoms with E-state index in [0.29, 0.717) is 5.92 Å². The van der Waals surface area contributed by atoms with Crippen molar-refractivity contribution in [3.8, 4) is 0 Å². The van der Waals surface area contributed by atoms with Crippen molar-refractivity contribution in [3.63, 3.8) is 0 Å². The Morgan fingerprint density at radius 1 is 1.20 bits per heavy atom. The molecule has 0 saturated carbocycles. The standard InChI is InChI=1S/C18H30OSi/c1-15(14-19-20(6,7)18(3,4)5)13-16(2)17-11-9-8-10-12-17/h8-13,15H,14H2,1-7H3/b16-13+/t15-/m0/s1. The number of allylic oxidation sites excluding steroid dienone is 1. The summed E-state index contributed by atoms with van der Waals surface area (Å²) < 4.78 is 6.29. The molecule has 20 heavy (non-hydrogen) atoms. The van der Waals surface area contributed by atoms with E-state index in [1.807, 2.05) is 0 Å². The molecule has 0 unspecified atom stereocenters. The van der Waals surface area contributed by atoms with Crippen LogP contribution in [0.1, 0.15) is 40.2 Å². The van der Waals surface area contributed by atoms with Crippen molar-refractivity contribution in [2.24, 2.45) is 5.92 Å². The molecule has 1 nitrogen and oxygen atoms in total. The topological polar surface area (TPSA) is 9.23 Å². The van der Waals surface area contributed by atoms with Gasteiger partial charge in [0.05, 0.1) is 0 Å². The lowest BCUT2D eigenvalue weighted by atomic mass is 10.0. The molecule has 0 aromatic heterocycles. The smallest absolute Gasteiger partial charge is 0.192 e. The van der Waals surface area contributed by atoms with Crippen LogP contribution >= 0.6 is 0 Å². The monoisotopic (exact) mass is 290 g/mol. The highest BCUT2D eigenvalue weighted by atomic mass is 28.4. The molecular formula is C18H30OSi. The number of rotatable bonds is 5. The molecule has 0 bridgehead atoms. The maximum atomic E-state index is 6.29. The molecular weight excluding hydrogens is 260 g/mol. The lowest BCUT2D eigenvalue weighted by molar-refractivity contribution is 0.259. The van der Waals surface area contributed by atoms with Crippen LogP contribution in [0.4, 0.5) is 0 Å². The van der Waals surface area contributed by atoms with Crippen LogP contribution in [0.15, 0.2) is 36.4 Å². The number of hydrogen-bond acceptors (Lipinski definition) is 1. The van der Waals surface area contributed by atoms with Crippen molar-refractivity contribution in [1.29, 1.82) is 0 Å².